The lowest BCUT2D eigenvalue weighted by atomic mass is 9.99. The van der Waals surface area contributed by atoms with Crippen LogP contribution in [0.3, 0.4) is 0 Å². The Hall–Kier alpha value is -1.55. The van der Waals surface area contributed by atoms with Gasteiger partial charge in [0, 0.05) is 17.8 Å². The van der Waals surface area contributed by atoms with E-state index in [1.54, 1.807) is 24.3 Å². The van der Waals surface area contributed by atoms with Crippen molar-refractivity contribution in [2.75, 3.05) is 31.9 Å². The summed E-state index contributed by atoms with van der Waals surface area (Å²) in [5.41, 5.74) is 6.96. The Bertz CT molecular complexity index is 422. The molecule has 4 nitrogen and oxygen atoms in total. The lowest BCUT2D eigenvalue weighted by Gasteiger charge is -2.30. The maximum Gasteiger partial charge on any atom is 0.251 e. The minimum absolute atomic E-state index is 0.0164. The summed E-state index contributed by atoms with van der Waals surface area (Å²) in [6, 6.07) is 7.03. The zero-order valence-electron chi connectivity index (χ0n) is 12.3. The van der Waals surface area contributed by atoms with Crippen molar-refractivity contribution in [1.82, 2.24) is 10.2 Å². The van der Waals surface area contributed by atoms with E-state index in [9.17, 15) is 4.79 Å². The predicted molar refractivity (Wildman–Crippen MR) is 82.6 cm³/mol. The zero-order chi connectivity index (χ0) is 14.4. The fourth-order valence-corrected chi connectivity index (χ4v) is 2.53. The summed E-state index contributed by atoms with van der Waals surface area (Å²) in [5, 5.41) is 2.96. The molecule has 1 fully saturated rings. The number of anilines is 1. The van der Waals surface area contributed by atoms with Gasteiger partial charge in [-0.3, -0.25) is 4.79 Å². The Morgan fingerprint density at radius 3 is 2.60 bits per heavy atom. The molecule has 4 heteroatoms. The average molecular weight is 275 g/mol. The van der Waals surface area contributed by atoms with E-state index >= 15 is 0 Å². The molecule has 0 bridgehead atoms. The van der Waals surface area contributed by atoms with Gasteiger partial charge in [-0.15, -0.1) is 0 Å². The van der Waals surface area contributed by atoms with Gasteiger partial charge in [0.25, 0.3) is 5.91 Å². The lowest BCUT2D eigenvalue weighted by molar-refractivity contribution is 0.0950. The highest BCUT2D eigenvalue weighted by atomic mass is 16.1. The molecule has 0 aromatic heterocycles. The minimum Gasteiger partial charge on any atom is -0.399 e. The fraction of sp³-hybridized carbons (Fsp3) is 0.562. The van der Waals surface area contributed by atoms with Crippen LogP contribution in [0.25, 0.3) is 0 Å². The number of hydrogen-bond acceptors (Lipinski definition) is 3. The van der Waals surface area contributed by atoms with Crippen LogP contribution in [0, 0.1) is 5.92 Å². The van der Waals surface area contributed by atoms with Crippen LogP contribution in [0.15, 0.2) is 24.3 Å². The molecule has 0 unspecified atom stereocenters. The van der Waals surface area contributed by atoms with Crippen LogP contribution in [0.5, 0.6) is 0 Å². The van der Waals surface area contributed by atoms with Crippen molar-refractivity contribution in [2.45, 2.75) is 26.2 Å². The number of nitrogens with two attached hydrogens (primary N) is 1. The molecule has 0 aliphatic carbocycles. The first-order valence-electron chi connectivity index (χ1n) is 7.51. The van der Waals surface area contributed by atoms with E-state index in [1.807, 2.05) is 0 Å². The molecule has 0 spiro atoms. The fourth-order valence-electron chi connectivity index (χ4n) is 2.53. The van der Waals surface area contributed by atoms with E-state index in [2.05, 4.69) is 17.1 Å². The number of carbonyl (C=O) groups excluding carboxylic acids is 1. The molecule has 0 atom stereocenters. The lowest BCUT2D eigenvalue weighted by Crippen LogP contribution is -2.35. The predicted octanol–water partition coefficient (Wildman–Crippen LogP) is 2.12. The third-order valence-electron chi connectivity index (χ3n) is 3.99. The first-order chi connectivity index (χ1) is 9.65. The maximum atomic E-state index is 11.9. The van der Waals surface area contributed by atoms with E-state index in [0.29, 0.717) is 11.3 Å². The average Bonchev–Trinajstić information content (AvgIpc) is 2.46. The number of nitrogen functional groups attached to an aromatic ring is 1. The van der Waals surface area contributed by atoms with E-state index in [-0.39, 0.29) is 5.91 Å². The maximum absolute atomic E-state index is 11.9. The molecule has 2 rings (SSSR count). The van der Waals surface area contributed by atoms with Gasteiger partial charge in [0.2, 0.25) is 0 Å². The van der Waals surface area contributed by atoms with Crippen molar-refractivity contribution in [1.29, 1.82) is 0 Å². The van der Waals surface area contributed by atoms with Gasteiger partial charge in [0.05, 0.1) is 0 Å². The molecule has 1 amide bonds. The molecule has 110 valence electrons. The molecule has 1 heterocycles. The molecular weight excluding hydrogens is 250 g/mol. The summed E-state index contributed by atoms with van der Waals surface area (Å²) < 4.78 is 0. The second-order valence-electron chi connectivity index (χ2n) is 5.76. The van der Waals surface area contributed by atoms with Gasteiger partial charge in [0.15, 0.2) is 0 Å². The third kappa shape index (κ3) is 4.53. The van der Waals surface area contributed by atoms with Crippen LogP contribution in [0.4, 0.5) is 5.69 Å². The molecule has 1 aromatic carbocycles. The summed E-state index contributed by atoms with van der Waals surface area (Å²) in [6.07, 6.45) is 3.62. The van der Waals surface area contributed by atoms with Gasteiger partial charge < -0.3 is 16.0 Å². The zero-order valence-corrected chi connectivity index (χ0v) is 12.3. The van der Waals surface area contributed by atoms with Crippen molar-refractivity contribution < 1.29 is 4.79 Å². The number of piperidine rings is 1. The number of rotatable bonds is 5. The third-order valence-corrected chi connectivity index (χ3v) is 3.99. The smallest absolute Gasteiger partial charge is 0.251 e. The van der Waals surface area contributed by atoms with Crippen LogP contribution in [-0.2, 0) is 0 Å². The first kappa shape index (κ1) is 14.9. The van der Waals surface area contributed by atoms with E-state index < -0.39 is 0 Å². The number of carbonyl (C=O) groups is 1. The number of benzene rings is 1. The Morgan fingerprint density at radius 1 is 1.30 bits per heavy atom. The highest BCUT2D eigenvalue weighted by Crippen LogP contribution is 2.15. The van der Waals surface area contributed by atoms with Gasteiger partial charge >= 0.3 is 0 Å². The molecule has 0 saturated carbocycles. The molecule has 1 aliphatic heterocycles. The topological polar surface area (TPSA) is 58.4 Å². The van der Waals surface area contributed by atoms with E-state index in [1.165, 1.54) is 25.9 Å². The highest BCUT2D eigenvalue weighted by molar-refractivity contribution is 5.94. The van der Waals surface area contributed by atoms with Crippen molar-refractivity contribution in [3.8, 4) is 0 Å². The summed E-state index contributed by atoms with van der Waals surface area (Å²) >= 11 is 0. The molecule has 0 radical (unpaired) electrons. The molecule has 1 aromatic rings. The Kier molecular flexibility index (Phi) is 5.41. The number of amides is 1. The monoisotopic (exact) mass is 275 g/mol. The highest BCUT2D eigenvalue weighted by Gasteiger charge is 2.14. The summed E-state index contributed by atoms with van der Waals surface area (Å²) in [5.74, 6) is 0.855. The van der Waals surface area contributed by atoms with Crippen molar-refractivity contribution >= 4 is 11.6 Å². The van der Waals surface area contributed by atoms with Crippen molar-refractivity contribution in [3.63, 3.8) is 0 Å². The second kappa shape index (κ2) is 7.29. The number of likely N-dealkylation sites (tertiary alicyclic amines) is 1. The summed E-state index contributed by atoms with van der Waals surface area (Å²) in [6.45, 7) is 6.54. The first-order valence-corrected chi connectivity index (χ1v) is 7.51. The van der Waals surface area contributed by atoms with Gasteiger partial charge in [-0.25, -0.2) is 0 Å². The molecule has 1 saturated heterocycles. The Balaban J connectivity index is 1.63. The van der Waals surface area contributed by atoms with Gasteiger partial charge in [0.1, 0.15) is 0 Å². The molecular formula is C16H25N3O. The number of nitrogens with zero attached hydrogens (tertiary/aromatic N) is 1. The van der Waals surface area contributed by atoms with Crippen LogP contribution in [0.1, 0.15) is 36.5 Å². The SMILES string of the molecule is CC1CCN(CCCNC(=O)c2ccc(N)cc2)CC1. The Morgan fingerprint density at radius 2 is 1.95 bits per heavy atom. The number of nitrogens with one attached hydrogen (secondary N) is 1. The van der Waals surface area contributed by atoms with Gasteiger partial charge in [-0.05, 0) is 69.1 Å². The largest absolute Gasteiger partial charge is 0.399 e. The van der Waals surface area contributed by atoms with Crippen molar-refractivity contribution in [3.05, 3.63) is 29.8 Å². The molecule has 20 heavy (non-hydrogen) atoms. The van der Waals surface area contributed by atoms with E-state index in [0.717, 1.165) is 25.4 Å². The quantitative estimate of drug-likeness (QED) is 0.639. The van der Waals surface area contributed by atoms with Crippen LogP contribution in [0.2, 0.25) is 0 Å². The Labute approximate surface area is 121 Å². The molecule has 1 aliphatic rings. The van der Waals surface area contributed by atoms with Crippen molar-refractivity contribution in [2.24, 2.45) is 5.92 Å². The normalized spacial score (nSPS) is 17.1. The van der Waals surface area contributed by atoms with Gasteiger partial charge in [-0.1, -0.05) is 6.92 Å². The second-order valence-corrected chi connectivity index (χ2v) is 5.76. The minimum atomic E-state index is -0.0164. The van der Waals surface area contributed by atoms with Crippen LogP contribution < -0.4 is 11.1 Å². The number of hydrogen-bond donors (Lipinski definition) is 2. The summed E-state index contributed by atoms with van der Waals surface area (Å²) in [7, 11) is 0. The van der Waals surface area contributed by atoms with Crippen LogP contribution in [-0.4, -0.2) is 37.0 Å². The van der Waals surface area contributed by atoms with Gasteiger partial charge in [-0.2, -0.15) is 0 Å². The standard InChI is InChI=1S/C16H25N3O/c1-13-7-11-19(12-8-13)10-2-9-18-16(20)14-3-5-15(17)6-4-14/h3-6,13H,2,7-12,17H2,1H3,(H,18,20). The summed E-state index contributed by atoms with van der Waals surface area (Å²) in [4.78, 5) is 14.4. The van der Waals surface area contributed by atoms with E-state index in [4.69, 9.17) is 5.73 Å². The van der Waals surface area contributed by atoms with Crippen LogP contribution >= 0.6 is 0 Å². The molecule has 3 N–H and O–H groups in total.